The maximum absolute atomic E-state index is 13.1. The molecule has 0 saturated heterocycles. The van der Waals surface area contributed by atoms with Crippen LogP contribution in [0.3, 0.4) is 0 Å². The summed E-state index contributed by atoms with van der Waals surface area (Å²) in [6, 6.07) is 2.04. The number of rotatable bonds is 6. The number of aromatic nitrogens is 3. The number of imidazole rings is 1. The van der Waals surface area contributed by atoms with Gasteiger partial charge in [-0.25, -0.2) is 9.97 Å². The molecule has 0 aliphatic rings. The zero-order valence-electron chi connectivity index (χ0n) is 15.8. The van der Waals surface area contributed by atoms with E-state index in [1.807, 2.05) is 0 Å². The molecule has 0 saturated carbocycles. The predicted octanol–water partition coefficient (Wildman–Crippen LogP) is 2.93. The number of fused-ring (bicyclic) bond motifs is 1. The quantitative estimate of drug-likeness (QED) is 0.794. The molecule has 27 heavy (non-hydrogen) atoms. The fourth-order valence-electron chi connectivity index (χ4n) is 2.75. The molecular formula is C17H23F3N4O3. The second-order valence-corrected chi connectivity index (χ2v) is 7.59. The standard InChI is InChI=1S/C17H23F3N4O3/c1-15(2,9-27-5)24-13-10(6-7-11(22-13)17(18,19)20)21-14(24)23-12(25)8-16(3,4)26/h6-7,26H,8-9H2,1-5H3,(H,21,23,25). The first kappa shape index (κ1) is 21.1. The van der Waals surface area contributed by atoms with Gasteiger partial charge in [0.15, 0.2) is 5.65 Å². The van der Waals surface area contributed by atoms with Crippen LogP contribution in [0.25, 0.3) is 11.2 Å². The first-order chi connectivity index (χ1) is 12.2. The van der Waals surface area contributed by atoms with Crippen molar-refractivity contribution >= 4 is 23.0 Å². The second-order valence-electron chi connectivity index (χ2n) is 7.59. The Morgan fingerprint density at radius 1 is 1.22 bits per heavy atom. The van der Waals surface area contributed by atoms with Gasteiger partial charge in [0.05, 0.1) is 24.2 Å². The third-order valence-corrected chi connectivity index (χ3v) is 3.74. The van der Waals surface area contributed by atoms with E-state index in [0.29, 0.717) is 0 Å². The summed E-state index contributed by atoms with van der Waals surface area (Å²) in [6.07, 6.45) is -4.82. The summed E-state index contributed by atoms with van der Waals surface area (Å²) in [4.78, 5) is 20.1. The third kappa shape index (κ3) is 4.95. The highest BCUT2D eigenvalue weighted by Gasteiger charge is 2.35. The van der Waals surface area contributed by atoms with Crippen molar-refractivity contribution < 1.29 is 27.8 Å². The highest BCUT2D eigenvalue weighted by Crippen LogP contribution is 2.32. The van der Waals surface area contributed by atoms with Gasteiger partial charge in [-0.1, -0.05) is 0 Å². The fourth-order valence-corrected chi connectivity index (χ4v) is 2.75. The number of ether oxygens (including phenoxy) is 1. The predicted molar refractivity (Wildman–Crippen MR) is 93.3 cm³/mol. The number of carbonyl (C=O) groups is 1. The Balaban J connectivity index is 2.60. The maximum atomic E-state index is 13.1. The largest absolute Gasteiger partial charge is 0.433 e. The molecule has 0 atom stereocenters. The van der Waals surface area contributed by atoms with Crippen molar-refractivity contribution in [3.8, 4) is 0 Å². The van der Waals surface area contributed by atoms with Crippen LogP contribution in [0, 0.1) is 0 Å². The molecule has 2 aromatic heterocycles. The molecule has 2 heterocycles. The Hall–Kier alpha value is -2.20. The van der Waals surface area contributed by atoms with Crippen LogP contribution in [0.15, 0.2) is 12.1 Å². The molecule has 2 rings (SSSR count). The van der Waals surface area contributed by atoms with E-state index in [-0.39, 0.29) is 30.1 Å². The molecule has 2 N–H and O–H groups in total. The van der Waals surface area contributed by atoms with Crippen molar-refractivity contribution in [3.05, 3.63) is 17.8 Å². The van der Waals surface area contributed by atoms with Crippen LogP contribution in [0.1, 0.15) is 39.8 Å². The Morgan fingerprint density at radius 2 is 1.85 bits per heavy atom. The number of hydrogen-bond acceptors (Lipinski definition) is 5. The number of nitrogens with zero attached hydrogens (tertiary/aromatic N) is 3. The van der Waals surface area contributed by atoms with Crippen molar-refractivity contribution in [1.82, 2.24) is 14.5 Å². The minimum atomic E-state index is -4.61. The third-order valence-electron chi connectivity index (χ3n) is 3.74. The molecule has 0 aromatic carbocycles. The highest BCUT2D eigenvalue weighted by molar-refractivity contribution is 5.91. The van der Waals surface area contributed by atoms with Gasteiger partial charge in [0, 0.05) is 7.11 Å². The minimum absolute atomic E-state index is 0.0227. The fraction of sp³-hybridized carbons (Fsp3) is 0.588. The lowest BCUT2D eigenvalue weighted by atomic mass is 10.1. The zero-order chi connectivity index (χ0) is 20.6. The zero-order valence-corrected chi connectivity index (χ0v) is 15.8. The minimum Gasteiger partial charge on any atom is -0.390 e. The van der Waals surface area contributed by atoms with Gasteiger partial charge in [-0.2, -0.15) is 13.2 Å². The normalized spacial score (nSPS) is 13.2. The van der Waals surface area contributed by atoms with Crippen LogP contribution < -0.4 is 5.32 Å². The van der Waals surface area contributed by atoms with E-state index < -0.39 is 28.9 Å². The lowest BCUT2D eigenvalue weighted by molar-refractivity contribution is -0.141. The number of amides is 1. The lowest BCUT2D eigenvalue weighted by Gasteiger charge is -2.28. The van der Waals surface area contributed by atoms with Gasteiger partial charge in [-0.05, 0) is 39.8 Å². The van der Waals surface area contributed by atoms with Crippen molar-refractivity contribution in [2.75, 3.05) is 19.0 Å². The van der Waals surface area contributed by atoms with E-state index >= 15 is 0 Å². The number of pyridine rings is 1. The van der Waals surface area contributed by atoms with Crippen LogP contribution in [0.5, 0.6) is 0 Å². The van der Waals surface area contributed by atoms with Crippen molar-refractivity contribution in [1.29, 1.82) is 0 Å². The van der Waals surface area contributed by atoms with E-state index in [4.69, 9.17) is 4.74 Å². The highest BCUT2D eigenvalue weighted by atomic mass is 19.4. The van der Waals surface area contributed by atoms with Crippen LogP contribution >= 0.6 is 0 Å². The average Bonchev–Trinajstić information content (AvgIpc) is 2.81. The monoisotopic (exact) mass is 388 g/mol. The number of hydrogen-bond donors (Lipinski definition) is 2. The van der Waals surface area contributed by atoms with Crippen molar-refractivity contribution in [2.24, 2.45) is 0 Å². The topological polar surface area (TPSA) is 89.3 Å². The summed E-state index contributed by atoms with van der Waals surface area (Å²) >= 11 is 0. The molecule has 0 unspecified atom stereocenters. The van der Waals surface area contributed by atoms with E-state index in [9.17, 15) is 23.1 Å². The number of alkyl halides is 3. The maximum Gasteiger partial charge on any atom is 0.433 e. The smallest absolute Gasteiger partial charge is 0.390 e. The van der Waals surface area contributed by atoms with Crippen LogP contribution in [-0.4, -0.2) is 44.9 Å². The number of halogens is 3. The van der Waals surface area contributed by atoms with Crippen LogP contribution in [0.2, 0.25) is 0 Å². The summed E-state index contributed by atoms with van der Waals surface area (Å²) in [7, 11) is 1.46. The van der Waals surface area contributed by atoms with E-state index in [2.05, 4.69) is 15.3 Å². The number of carbonyl (C=O) groups excluding carboxylic acids is 1. The average molecular weight is 388 g/mol. The second kappa shape index (κ2) is 7.08. The molecule has 1 amide bonds. The Morgan fingerprint density at radius 3 is 2.37 bits per heavy atom. The number of anilines is 1. The Labute approximate surface area is 154 Å². The van der Waals surface area contributed by atoms with E-state index in [0.717, 1.165) is 6.07 Å². The molecule has 0 spiro atoms. The van der Waals surface area contributed by atoms with Gasteiger partial charge in [-0.3, -0.25) is 14.7 Å². The molecule has 0 fully saturated rings. The summed E-state index contributed by atoms with van der Waals surface area (Å²) < 4.78 is 45.8. The lowest BCUT2D eigenvalue weighted by Crippen LogP contribution is -2.34. The Bertz CT molecular complexity index is 838. The van der Waals surface area contributed by atoms with Gasteiger partial charge in [0.1, 0.15) is 11.2 Å². The van der Waals surface area contributed by atoms with Gasteiger partial charge >= 0.3 is 6.18 Å². The Kier molecular flexibility index (Phi) is 5.53. The molecule has 150 valence electrons. The summed E-state index contributed by atoms with van der Waals surface area (Å²) in [5, 5.41) is 12.4. The van der Waals surface area contributed by atoms with Crippen LogP contribution in [0.4, 0.5) is 19.1 Å². The number of methoxy groups -OCH3 is 1. The summed E-state index contributed by atoms with van der Waals surface area (Å²) in [5.41, 5.74) is -2.97. The van der Waals surface area contributed by atoms with Crippen molar-refractivity contribution in [3.63, 3.8) is 0 Å². The molecule has 2 aromatic rings. The number of aliphatic hydroxyl groups is 1. The molecule has 0 bridgehead atoms. The molecule has 7 nitrogen and oxygen atoms in total. The van der Waals surface area contributed by atoms with Crippen LogP contribution in [-0.2, 0) is 21.2 Å². The van der Waals surface area contributed by atoms with Gasteiger partial charge in [0.25, 0.3) is 0 Å². The van der Waals surface area contributed by atoms with E-state index in [1.165, 1.54) is 31.6 Å². The molecule has 0 radical (unpaired) electrons. The van der Waals surface area contributed by atoms with Gasteiger partial charge < -0.3 is 9.84 Å². The van der Waals surface area contributed by atoms with Gasteiger partial charge in [0.2, 0.25) is 11.9 Å². The first-order valence-electron chi connectivity index (χ1n) is 8.23. The first-order valence-corrected chi connectivity index (χ1v) is 8.23. The SMILES string of the molecule is COCC(C)(C)n1c(NC(=O)CC(C)(C)O)nc2ccc(C(F)(F)F)nc21. The number of nitrogens with one attached hydrogen (secondary N) is 1. The van der Waals surface area contributed by atoms with Gasteiger partial charge in [-0.15, -0.1) is 0 Å². The summed E-state index contributed by atoms with van der Waals surface area (Å²) in [6.45, 7) is 6.55. The van der Waals surface area contributed by atoms with Crippen molar-refractivity contribution in [2.45, 2.75) is 51.4 Å². The van der Waals surface area contributed by atoms with E-state index in [1.54, 1.807) is 13.8 Å². The summed E-state index contributed by atoms with van der Waals surface area (Å²) in [5.74, 6) is -0.489. The molecule has 0 aliphatic carbocycles. The molecule has 0 aliphatic heterocycles. The molecule has 10 heteroatoms. The molecular weight excluding hydrogens is 365 g/mol.